The molecule has 0 amide bonds. The molecule has 0 radical (unpaired) electrons. The van der Waals surface area contributed by atoms with Crippen molar-refractivity contribution in [1.29, 1.82) is 0 Å². The molecule has 0 rings (SSSR count). The van der Waals surface area contributed by atoms with Gasteiger partial charge in [0.15, 0.2) is 0 Å². The molecule has 0 fully saturated rings. The highest BCUT2D eigenvalue weighted by Gasteiger charge is 2.12. The molecular formula is C12H27NO. The van der Waals surface area contributed by atoms with Crippen molar-refractivity contribution < 1.29 is 4.65 Å². The zero-order chi connectivity index (χ0) is 11.0. The molecule has 0 aromatic carbocycles. The summed E-state index contributed by atoms with van der Waals surface area (Å²) in [6.07, 6.45) is 7.65. The van der Waals surface area contributed by atoms with Gasteiger partial charge in [-0.05, 0) is 12.8 Å². The van der Waals surface area contributed by atoms with Crippen molar-refractivity contribution in [3.8, 4) is 0 Å². The Morgan fingerprint density at radius 1 is 1.07 bits per heavy atom. The summed E-state index contributed by atoms with van der Waals surface area (Å²) < 4.78 is -0.133. The summed E-state index contributed by atoms with van der Waals surface area (Å²) in [5, 5.41) is 11.5. The van der Waals surface area contributed by atoms with Gasteiger partial charge in [0.05, 0.1) is 20.6 Å². The fourth-order valence-corrected chi connectivity index (χ4v) is 1.91. The molecule has 0 aliphatic heterocycles. The third-order valence-electron chi connectivity index (χ3n) is 2.74. The first-order valence-electron chi connectivity index (χ1n) is 6.03. The Balaban J connectivity index is 3.58. The zero-order valence-corrected chi connectivity index (χ0v) is 10.4. The average molecular weight is 201 g/mol. The maximum absolute atomic E-state index is 11.5. The second-order valence-corrected chi connectivity index (χ2v) is 4.88. The van der Waals surface area contributed by atoms with Gasteiger partial charge >= 0.3 is 0 Å². The van der Waals surface area contributed by atoms with E-state index in [-0.39, 0.29) is 4.65 Å². The molecule has 0 aromatic rings. The number of rotatable bonds is 8. The molecule has 0 N–H and O–H groups in total. The summed E-state index contributed by atoms with van der Waals surface area (Å²) in [6, 6.07) is 0. The molecule has 0 saturated carbocycles. The highest BCUT2D eigenvalue weighted by atomic mass is 16.5. The number of hydrogen-bond acceptors (Lipinski definition) is 1. The van der Waals surface area contributed by atoms with Crippen molar-refractivity contribution in [3.63, 3.8) is 0 Å². The van der Waals surface area contributed by atoms with Crippen LogP contribution in [0.2, 0.25) is 0 Å². The van der Waals surface area contributed by atoms with Crippen molar-refractivity contribution >= 4 is 0 Å². The van der Waals surface area contributed by atoms with Crippen LogP contribution in [-0.2, 0) is 0 Å². The van der Waals surface area contributed by atoms with Crippen LogP contribution in [0.5, 0.6) is 0 Å². The van der Waals surface area contributed by atoms with Gasteiger partial charge in [0.25, 0.3) is 0 Å². The molecular weight excluding hydrogens is 174 g/mol. The quantitative estimate of drug-likeness (QED) is 0.334. The minimum Gasteiger partial charge on any atom is -0.633 e. The first kappa shape index (κ1) is 13.9. The first-order valence-corrected chi connectivity index (χ1v) is 6.03. The highest BCUT2D eigenvalue weighted by molar-refractivity contribution is 4.57. The van der Waals surface area contributed by atoms with Crippen LogP contribution >= 0.6 is 0 Å². The minimum atomic E-state index is -0.133. The predicted octanol–water partition coefficient (Wildman–Crippen LogP) is 3.56. The second kappa shape index (κ2) is 7.24. The van der Waals surface area contributed by atoms with Gasteiger partial charge in [-0.1, -0.05) is 39.5 Å². The Morgan fingerprint density at radius 3 is 2.14 bits per heavy atom. The van der Waals surface area contributed by atoms with Crippen LogP contribution in [0.1, 0.15) is 52.4 Å². The number of unbranched alkanes of at least 4 members (excludes halogenated alkanes) is 3. The van der Waals surface area contributed by atoms with Crippen LogP contribution in [0.4, 0.5) is 0 Å². The van der Waals surface area contributed by atoms with Crippen molar-refractivity contribution in [2.24, 2.45) is 5.92 Å². The Kier molecular flexibility index (Phi) is 7.20. The largest absolute Gasteiger partial charge is 0.633 e. The van der Waals surface area contributed by atoms with Crippen LogP contribution in [0.15, 0.2) is 0 Å². The molecule has 0 heterocycles. The predicted molar refractivity (Wildman–Crippen MR) is 62.9 cm³/mol. The summed E-state index contributed by atoms with van der Waals surface area (Å²) in [6.45, 7) is 5.21. The topological polar surface area (TPSA) is 23.1 Å². The Labute approximate surface area is 89.5 Å². The molecule has 0 saturated heterocycles. The van der Waals surface area contributed by atoms with Crippen molar-refractivity contribution in [1.82, 2.24) is 0 Å². The van der Waals surface area contributed by atoms with E-state index in [2.05, 4.69) is 13.8 Å². The monoisotopic (exact) mass is 201 g/mol. The number of hydroxylamine groups is 3. The smallest absolute Gasteiger partial charge is 0.0808 e. The van der Waals surface area contributed by atoms with E-state index < -0.39 is 0 Å². The molecule has 86 valence electrons. The van der Waals surface area contributed by atoms with Gasteiger partial charge in [-0.25, -0.2) is 0 Å². The Morgan fingerprint density at radius 2 is 1.71 bits per heavy atom. The molecule has 1 unspecified atom stereocenters. The highest BCUT2D eigenvalue weighted by Crippen LogP contribution is 2.16. The van der Waals surface area contributed by atoms with Gasteiger partial charge in [0.1, 0.15) is 0 Å². The van der Waals surface area contributed by atoms with Gasteiger partial charge in [0, 0.05) is 5.92 Å². The van der Waals surface area contributed by atoms with E-state index in [4.69, 9.17) is 0 Å². The number of hydrogen-bond donors (Lipinski definition) is 0. The Hall–Kier alpha value is -0.0800. The Bertz CT molecular complexity index is 129. The van der Waals surface area contributed by atoms with Crippen molar-refractivity contribution in [2.75, 3.05) is 20.6 Å². The average Bonchev–Trinajstić information content (AvgIpc) is 2.08. The van der Waals surface area contributed by atoms with Crippen LogP contribution in [-0.4, -0.2) is 25.3 Å². The number of nitrogens with zero attached hydrogens (tertiary/aromatic N) is 1. The van der Waals surface area contributed by atoms with Crippen molar-refractivity contribution in [3.05, 3.63) is 5.21 Å². The molecule has 1 atom stereocenters. The maximum Gasteiger partial charge on any atom is 0.0808 e. The van der Waals surface area contributed by atoms with E-state index in [1.165, 1.54) is 32.1 Å². The van der Waals surface area contributed by atoms with E-state index in [9.17, 15) is 5.21 Å². The minimum absolute atomic E-state index is 0.133. The van der Waals surface area contributed by atoms with E-state index >= 15 is 0 Å². The first-order chi connectivity index (χ1) is 6.49. The fraction of sp³-hybridized carbons (Fsp3) is 1.00. The van der Waals surface area contributed by atoms with Gasteiger partial charge < -0.3 is 9.85 Å². The lowest BCUT2D eigenvalue weighted by Crippen LogP contribution is -2.37. The van der Waals surface area contributed by atoms with Crippen LogP contribution < -0.4 is 0 Å². The van der Waals surface area contributed by atoms with Crippen LogP contribution in [0.3, 0.4) is 0 Å². The summed E-state index contributed by atoms with van der Waals surface area (Å²) in [7, 11) is 3.49. The van der Waals surface area contributed by atoms with Gasteiger partial charge in [0.2, 0.25) is 0 Å². The van der Waals surface area contributed by atoms with Gasteiger partial charge in [-0.15, -0.1) is 0 Å². The lowest BCUT2D eigenvalue weighted by Gasteiger charge is -2.37. The van der Waals surface area contributed by atoms with E-state index in [1.807, 2.05) is 0 Å². The second-order valence-electron chi connectivity index (χ2n) is 4.88. The lowest BCUT2D eigenvalue weighted by molar-refractivity contribution is -0.843. The molecule has 0 spiro atoms. The summed E-state index contributed by atoms with van der Waals surface area (Å²) in [5.74, 6) is 0.624. The summed E-state index contributed by atoms with van der Waals surface area (Å²) in [4.78, 5) is 0. The van der Waals surface area contributed by atoms with Gasteiger partial charge in [-0.2, -0.15) is 0 Å². The van der Waals surface area contributed by atoms with Gasteiger partial charge in [-0.3, -0.25) is 0 Å². The summed E-state index contributed by atoms with van der Waals surface area (Å²) >= 11 is 0. The molecule has 0 aliphatic carbocycles. The van der Waals surface area contributed by atoms with E-state index in [1.54, 1.807) is 14.1 Å². The molecule has 0 bridgehead atoms. The third-order valence-corrected chi connectivity index (χ3v) is 2.74. The fourth-order valence-electron chi connectivity index (χ4n) is 1.91. The molecule has 0 aliphatic rings. The zero-order valence-electron chi connectivity index (χ0n) is 10.4. The molecule has 14 heavy (non-hydrogen) atoms. The SMILES string of the molecule is CCCCCCC(CC)C[N+](C)(C)[O-]. The molecule has 0 aromatic heterocycles. The standard InChI is InChI=1S/C12H27NO/c1-5-7-8-9-10-12(6-2)11-13(3,4)14/h12H,5-11H2,1-4H3. The lowest BCUT2D eigenvalue weighted by atomic mass is 9.98. The van der Waals surface area contributed by atoms with Crippen molar-refractivity contribution in [2.45, 2.75) is 52.4 Å². The van der Waals surface area contributed by atoms with E-state index in [0.717, 1.165) is 13.0 Å². The number of quaternary nitrogens is 1. The normalized spacial score (nSPS) is 14.4. The molecule has 2 heteroatoms. The van der Waals surface area contributed by atoms with Crippen LogP contribution in [0, 0.1) is 11.1 Å². The maximum atomic E-state index is 11.5. The van der Waals surface area contributed by atoms with Crippen LogP contribution in [0.25, 0.3) is 0 Å². The summed E-state index contributed by atoms with van der Waals surface area (Å²) in [5.41, 5.74) is 0. The van der Waals surface area contributed by atoms with E-state index in [0.29, 0.717) is 5.92 Å². The third kappa shape index (κ3) is 8.52. The molecule has 2 nitrogen and oxygen atoms in total.